The number of carbonyl (C=O) groups is 6. The number of nitrogens with zero attached hydrogens (tertiary/aromatic N) is 1. The van der Waals surface area contributed by atoms with Crippen molar-refractivity contribution in [3.63, 3.8) is 0 Å². The van der Waals surface area contributed by atoms with Crippen LogP contribution in [0.1, 0.15) is 44.9 Å². The summed E-state index contributed by atoms with van der Waals surface area (Å²) in [5.41, 5.74) is 0.550. The minimum Gasteiger partial charge on any atom is -0.492 e. The van der Waals surface area contributed by atoms with Crippen LogP contribution >= 0.6 is 0 Å². The summed E-state index contributed by atoms with van der Waals surface area (Å²) in [6.07, 6.45) is 0. The molecule has 1 aliphatic rings. The van der Waals surface area contributed by atoms with Crippen molar-refractivity contribution in [3.05, 3.63) is 83.4 Å². The summed E-state index contributed by atoms with van der Waals surface area (Å²) < 4.78 is 20.9. The third-order valence-electron chi connectivity index (χ3n) is 6.11. The molecule has 1 heterocycles. The molecule has 0 saturated carbocycles. The van der Waals surface area contributed by atoms with Crippen LogP contribution in [0, 0.1) is 0 Å². The first-order chi connectivity index (χ1) is 21.2. The Morgan fingerprint density at radius 3 is 1.77 bits per heavy atom. The number of nitrogens with one attached hydrogen (secondary N) is 2. The van der Waals surface area contributed by atoms with Crippen molar-refractivity contribution in [1.82, 2.24) is 4.90 Å². The van der Waals surface area contributed by atoms with Crippen LogP contribution < -0.4 is 20.1 Å². The van der Waals surface area contributed by atoms with Crippen LogP contribution in [0.15, 0.2) is 66.7 Å². The molecule has 0 saturated heterocycles. The van der Waals surface area contributed by atoms with E-state index in [1.807, 2.05) is 0 Å². The molecule has 4 amide bonds. The largest absolute Gasteiger partial charge is 0.492 e. The Kier molecular flexibility index (Phi) is 10.3. The number of ether oxygens (including phenoxy) is 4. The smallest absolute Gasteiger partial charge is 0.338 e. The van der Waals surface area contributed by atoms with E-state index in [1.54, 1.807) is 62.4 Å². The summed E-state index contributed by atoms with van der Waals surface area (Å²) in [4.78, 5) is 76.0. The van der Waals surface area contributed by atoms with Crippen molar-refractivity contribution in [2.45, 2.75) is 13.8 Å². The third kappa shape index (κ3) is 7.56. The predicted molar refractivity (Wildman–Crippen MR) is 156 cm³/mol. The number of rotatable bonds is 13. The van der Waals surface area contributed by atoms with E-state index in [2.05, 4.69) is 10.6 Å². The molecule has 0 atom stereocenters. The van der Waals surface area contributed by atoms with Gasteiger partial charge in [0.1, 0.15) is 18.0 Å². The van der Waals surface area contributed by atoms with Gasteiger partial charge in [-0.1, -0.05) is 24.3 Å². The van der Waals surface area contributed by atoms with E-state index in [0.717, 1.165) is 6.07 Å². The molecule has 2 N–H and O–H groups in total. The average molecular weight is 604 g/mol. The molecule has 0 spiro atoms. The van der Waals surface area contributed by atoms with Crippen molar-refractivity contribution >= 4 is 46.9 Å². The maximum Gasteiger partial charge on any atom is 0.338 e. The molecule has 0 fully saturated rings. The van der Waals surface area contributed by atoms with Gasteiger partial charge in [-0.3, -0.25) is 28.9 Å². The predicted octanol–water partition coefficient (Wildman–Crippen LogP) is 3.06. The van der Waals surface area contributed by atoms with Gasteiger partial charge in [0.05, 0.1) is 41.3 Å². The number of esters is 2. The molecular weight excluding hydrogens is 574 g/mol. The fourth-order valence-corrected chi connectivity index (χ4v) is 4.17. The lowest BCUT2D eigenvalue weighted by atomic mass is 10.1. The Bertz CT molecular complexity index is 1600. The van der Waals surface area contributed by atoms with Crippen LogP contribution in [-0.2, 0) is 23.9 Å². The van der Waals surface area contributed by atoms with Gasteiger partial charge in [-0.25, -0.2) is 4.79 Å². The second kappa shape index (κ2) is 14.4. The van der Waals surface area contributed by atoms with Gasteiger partial charge < -0.3 is 29.6 Å². The number of para-hydroxylation sites is 4. The van der Waals surface area contributed by atoms with E-state index in [4.69, 9.17) is 18.9 Å². The summed E-state index contributed by atoms with van der Waals surface area (Å²) in [6.45, 7) is 2.33. The number of anilines is 2. The van der Waals surface area contributed by atoms with Crippen LogP contribution in [0.25, 0.3) is 0 Å². The van der Waals surface area contributed by atoms with E-state index in [0.29, 0.717) is 41.0 Å². The lowest BCUT2D eigenvalue weighted by Crippen LogP contribution is -2.36. The molecule has 0 unspecified atom stereocenters. The van der Waals surface area contributed by atoms with E-state index < -0.39 is 55.3 Å². The standard InChI is InChI=1S/C31H29N3O10/c1-3-41-24-11-7-5-9-22(24)32-26(35)17-43-28(37)16-34-29(38)20-14-13-19(15-21(20)30(34)39)31(40)44-18-27(36)33-23-10-6-8-12-25(23)42-4-2/h5-15H,3-4,16-18H2,1-2H3,(H,32,35)(H,33,36). The molecule has 44 heavy (non-hydrogen) atoms. The summed E-state index contributed by atoms with van der Waals surface area (Å²) in [6, 6.07) is 17.1. The third-order valence-corrected chi connectivity index (χ3v) is 6.11. The van der Waals surface area contributed by atoms with Gasteiger partial charge in [-0.05, 0) is 56.3 Å². The highest BCUT2D eigenvalue weighted by molar-refractivity contribution is 6.22. The normalized spacial score (nSPS) is 11.8. The number of amides is 4. The number of imide groups is 1. The molecule has 13 nitrogen and oxygen atoms in total. The number of fused-ring (bicyclic) bond motifs is 1. The molecule has 228 valence electrons. The molecule has 1 aliphatic heterocycles. The summed E-state index contributed by atoms with van der Waals surface area (Å²) in [5, 5.41) is 5.16. The maximum absolute atomic E-state index is 12.9. The second-order valence-corrected chi connectivity index (χ2v) is 9.15. The molecule has 0 radical (unpaired) electrons. The van der Waals surface area contributed by atoms with E-state index in [1.165, 1.54) is 12.1 Å². The van der Waals surface area contributed by atoms with Gasteiger partial charge in [0.2, 0.25) is 0 Å². The highest BCUT2D eigenvalue weighted by Crippen LogP contribution is 2.26. The summed E-state index contributed by atoms with van der Waals surface area (Å²) in [7, 11) is 0. The first-order valence-corrected chi connectivity index (χ1v) is 13.6. The molecule has 3 aromatic rings. The second-order valence-electron chi connectivity index (χ2n) is 9.15. The number of hydrogen-bond acceptors (Lipinski definition) is 10. The molecule has 0 aromatic heterocycles. The van der Waals surface area contributed by atoms with Crippen molar-refractivity contribution in [2.24, 2.45) is 0 Å². The first-order valence-electron chi connectivity index (χ1n) is 13.6. The minimum absolute atomic E-state index is 0.0325. The van der Waals surface area contributed by atoms with Gasteiger partial charge in [-0.15, -0.1) is 0 Å². The Morgan fingerprint density at radius 1 is 0.682 bits per heavy atom. The summed E-state index contributed by atoms with van der Waals surface area (Å²) in [5.74, 6) is -3.88. The molecular formula is C31H29N3O10. The zero-order valence-electron chi connectivity index (χ0n) is 23.9. The Morgan fingerprint density at radius 2 is 1.20 bits per heavy atom. The highest BCUT2D eigenvalue weighted by atomic mass is 16.5. The summed E-state index contributed by atoms with van der Waals surface area (Å²) >= 11 is 0. The van der Waals surface area contributed by atoms with Crippen molar-refractivity contribution in [3.8, 4) is 11.5 Å². The number of hydrogen-bond donors (Lipinski definition) is 2. The van der Waals surface area contributed by atoms with E-state index in [9.17, 15) is 28.8 Å². The Labute approximate surface area is 252 Å². The van der Waals surface area contributed by atoms with Crippen LogP contribution in [0.5, 0.6) is 11.5 Å². The number of benzene rings is 3. The van der Waals surface area contributed by atoms with Crippen molar-refractivity contribution < 1.29 is 47.7 Å². The van der Waals surface area contributed by atoms with E-state index >= 15 is 0 Å². The van der Waals surface area contributed by atoms with Gasteiger partial charge in [0.15, 0.2) is 13.2 Å². The van der Waals surface area contributed by atoms with Crippen LogP contribution in [0.3, 0.4) is 0 Å². The lowest BCUT2D eigenvalue weighted by molar-refractivity contribution is -0.147. The molecule has 0 aliphatic carbocycles. The minimum atomic E-state index is -0.996. The SMILES string of the molecule is CCOc1ccccc1NC(=O)COC(=O)CN1C(=O)c2ccc(C(=O)OCC(=O)Nc3ccccc3OCC)cc2C1=O. The van der Waals surface area contributed by atoms with Gasteiger partial charge in [-0.2, -0.15) is 0 Å². The van der Waals surface area contributed by atoms with Crippen LogP contribution in [0.4, 0.5) is 11.4 Å². The first kappa shape index (κ1) is 31.2. The Hall–Kier alpha value is -5.72. The molecule has 0 bridgehead atoms. The fraction of sp³-hybridized carbons (Fsp3) is 0.226. The van der Waals surface area contributed by atoms with Gasteiger partial charge >= 0.3 is 11.9 Å². The average Bonchev–Trinajstić information content (AvgIpc) is 3.25. The zero-order valence-corrected chi connectivity index (χ0v) is 23.9. The maximum atomic E-state index is 12.9. The van der Waals surface area contributed by atoms with Crippen molar-refractivity contribution in [1.29, 1.82) is 0 Å². The van der Waals surface area contributed by atoms with E-state index in [-0.39, 0.29) is 16.7 Å². The lowest BCUT2D eigenvalue weighted by Gasteiger charge is -2.14. The topological polar surface area (TPSA) is 167 Å². The Balaban J connectivity index is 1.30. The van der Waals surface area contributed by atoms with Gasteiger partial charge in [0, 0.05) is 0 Å². The van der Waals surface area contributed by atoms with Gasteiger partial charge in [0.25, 0.3) is 23.6 Å². The van der Waals surface area contributed by atoms with Crippen LogP contribution in [0.2, 0.25) is 0 Å². The fourth-order valence-electron chi connectivity index (χ4n) is 4.17. The quantitative estimate of drug-likeness (QED) is 0.219. The van der Waals surface area contributed by atoms with Crippen LogP contribution in [-0.4, -0.2) is 73.4 Å². The monoisotopic (exact) mass is 603 g/mol. The zero-order chi connectivity index (χ0) is 31.6. The molecule has 4 rings (SSSR count). The highest BCUT2D eigenvalue weighted by Gasteiger charge is 2.37. The molecule has 13 heteroatoms. The van der Waals surface area contributed by atoms with Crippen molar-refractivity contribution in [2.75, 3.05) is 43.6 Å². The number of carbonyl (C=O) groups excluding carboxylic acids is 6. The molecule has 3 aromatic carbocycles.